The van der Waals surface area contributed by atoms with E-state index in [9.17, 15) is 0 Å². The summed E-state index contributed by atoms with van der Waals surface area (Å²) in [5.74, 6) is 0. The summed E-state index contributed by atoms with van der Waals surface area (Å²) >= 11 is 5.97. The Balaban J connectivity index is 2.45. The molecule has 0 fully saturated rings. The van der Waals surface area contributed by atoms with Gasteiger partial charge in [0.05, 0.1) is 0 Å². The molecule has 0 atom stereocenters. The number of aromatic nitrogens is 4. The molecule has 2 heterocycles. The summed E-state index contributed by atoms with van der Waals surface area (Å²) < 4.78 is 4.49. The van der Waals surface area contributed by atoms with E-state index < -0.39 is 0 Å². The van der Waals surface area contributed by atoms with Crippen molar-refractivity contribution in [2.75, 3.05) is 0 Å². The minimum absolute atomic E-state index is 0.764. The van der Waals surface area contributed by atoms with Crippen LogP contribution < -0.4 is 0 Å². The quantitative estimate of drug-likeness (QED) is 0.773. The van der Waals surface area contributed by atoms with Crippen LogP contribution >= 0.6 is 38.8 Å². The maximum Gasteiger partial charge on any atom is 0.183 e. The van der Waals surface area contributed by atoms with Crippen molar-refractivity contribution >= 4 is 38.8 Å². The van der Waals surface area contributed by atoms with Crippen LogP contribution in [0.3, 0.4) is 0 Å². The Bertz CT molecular complexity index is 343. The lowest BCUT2D eigenvalue weighted by Crippen LogP contribution is -1.75. The molecule has 2 aromatic heterocycles. The normalized spacial score (nSPS) is 10.3. The lowest BCUT2D eigenvalue weighted by molar-refractivity contribution is 1.06. The Hall–Kier alpha value is -0.400. The van der Waals surface area contributed by atoms with Gasteiger partial charge in [-0.2, -0.15) is 0 Å². The predicted molar refractivity (Wildman–Crippen MR) is 46.5 cm³/mol. The third-order valence-corrected chi connectivity index (χ3v) is 2.86. The second kappa shape index (κ2) is 2.92. The van der Waals surface area contributed by atoms with Crippen LogP contribution in [-0.4, -0.2) is 19.8 Å². The fraction of sp³-hybridized carbons (Fsp3) is 0. The smallest absolute Gasteiger partial charge is 0.136 e. The van der Waals surface area contributed by atoms with Crippen molar-refractivity contribution in [3.8, 4) is 10.7 Å². The molecule has 0 N–H and O–H groups in total. The Morgan fingerprint density at radius 3 is 2.73 bits per heavy atom. The molecule has 11 heavy (non-hydrogen) atoms. The van der Waals surface area contributed by atoms with Crippen LogP contribution in [0.25, 0.3) is 10.7 Å². The maximum atomic E-state index is 3.88. The van der Waals surface area contributed by atoms with E-state index in [4.69, 9.17) is 0 Å². The summed E-state index contributed by atoms with van der Waals surface area (Å²) in [5, 5.41) is 14.2. The summed E-state index contributed by atoms with van der Waals surface area (Å²) in [6, 6.07) is 0. The van der Waals surface area contributed by atoms with Gasteiger partial charge in [0.2, 0.25) is 0 Å². The van der Waals surface area contributed by atoms with Crippen LogP contribution in [0.2, 0.25) is 0 Å². The highest BCUT2D eigenvalue weighted by Gasteiger charge is 2.06. The SMILES string of the molecule is Brc1nnc(-c2csnn2)s1. The summed E-state index contributed by atoms with van der Waals surface area (Å²) in [6.45, 7) is 0. The highest BCUT2D eigenvalue weighted by Crippen LogP contribution is 2.24. The van der Waals surface area contributed by atoms with Crippen LogP contribution in [0.4, 0.5) is 0 Å². The Morgan fingerprint density at radius 2 is 2.18 bits per heavy atom. The van der Waals surface area contributed by atoms with Crippen LogP contribution in [0.15, 0.2) is 9.30 Å². The van der Waals surface area contributed by atoms with Gasteiger partial charge in [-0.1, -0.05) is 15.8 Å². The van der Waals surface area contributed by atoms with Gasteiger partial charge in [-0.15, -0.1) is 15.3 Å². The molecule has 4 nitrogen and oxygen atoms in total. The fourth-order valence-electron chi connectivity index (χ4n) is 0.567. The molecule has 0 aliphatic heterocycles. The fourth-order valence-corrected chi connectivity index (χ4v) is 2.15. The molecule has 56 valence electrons. The van der Waals surface area contributed by atoms with Crippen molar-refractivity contribution in [1.29, 1.82) is 0 Å². The van der Waals surface area contributed by atoms with Gasteiger partial charge in [-0.05, 0) is 27.5 Å². The Morgan fingerprint density at radius 1 is 1.27 bits per heavy atom. The van der Waals surface area contributed by atoms with E-state index in [0.717, 1.165) is 14.6 Å². The standard InChI is InChI=1S/C4HBrN4S2/c5-4-8-7-3(11-4)2-1-10-9-6-2/h1H. The van der Waals surface area contributed by atoms with Gasteiger partial charge in [0.15, 0.2) is 8.92 Å². The third-order valence-electron chi connectivity index (χ3n) is 0.979. The molecule has 2 rings (SSSR count). The molecule has 0 aliphatic carbocycles. The van der Waals surface area contributed by atoms with Crippen molar-refractivity contribution < 1.29 is 0 Å². The summed E-state index contributed by atoms with van der Waals surface area (Å²) in [4.78, 5) is 0. The van der Waals surface area contributed by atoms with Crippen LogP contribution in [0.1, 0.15) is 0 Å². The minimum Gasteiger partial charge on any atom is -0.136 e. The van der Waals surface area contributed by atoms with Gasteiger partial charge < -0.3 is 0 Å². The van der Waals surface area contributed by atoms with E-state index >= 15 is 0 Å². The molecule has 0 unspecified atom stereocenters. The average Bonchev–Trinajstić information content (AvgIpc) is 2.55. The maximum absolute atomic E-state index is 3.88. The molecule has 0 amide bonds. The van der Waals surface area contributed by atoms with Crippen molar-refractivity contribution in [2.24, 2.45) is 0 Å². The van der Waals surface area contributed by atoms with Crippen LogP contribution in [0.5, 0.6) is 0 Å². The third kappa shape index (κ3) is 1.44. The highest BCUT2D eigenvalue weighted by atomic mass is 79.9. The number of hydrogen-bond acceptors (Lipinski definition) is 6. The molecule has 0 saturated carbocycles. The van der Waals surface area contributed by atoms with E-state index in [-0.39, 0.29) is 0 Å². The van der Waals surface area contributed by atoms with Gasteiger partial charge >= 0.3 is 0 Å². The van der Waals surface area contributed by atoms with E-state index in [1.165, 1.54) is 22.9 Å². The molecule has 0 radical (unpaired) electrons. The topological polar surface area (TPSA) is 51.6 Å². The molecule has 0 bridgehead atoms. The van der Waals surface area contributed by atoms with Gasteiger partial charge in [0, 0.05) is 5.38 Å². The first-order valence-corrected chi connectivity index (χ1v) is 5.07. The van der Waals surface area contributed by atoms with E-state index in [2.05, 4.69) is 35.7 Å². The first-order valence-electron chi connectivity index (χ1n) is 2.63. The monoisotopic (exact) mass is 248 g/mol. The molecule has 7 heteroatoms. The van der Waals surface area contributed by atoms with E-state index in [0.29, 0.717) is 0 Å². The molecule has 0 aliphatic rings. The Labute approximate surface area is 78.6 Å². The first kappa shape index (κ1) is 7.26. The lowest BCUT2D eigenvalue weighted by Gasteiger charge is -1.78. The van der Waals surface area contributed by atoms with Crippen LogP contribution in [-0.2, 0) is 0 Å². The van der Waals surface area contributed by atoms with Crippen molar-refractivity contribution in [3.05, 3.63) is 9.30 Å². The molecule has 0 saturated heterocycles. The number of halogens is 1. The second-order valence-electron chi connectivity index (χ2n) is 1.65. The zero-order chi connectivity index (χ0) is 7.68. The van der Waals surface area contributed by atoms with Crippen molar-refractivity contribution in [3.63, 3.8) is 0 Å². The summed E-state index contributed by atoms with van der Waals surface area (Å²) in [7, 11) is 0. The summed E-state index contributed by atoms with van der Waals surface area (Å²) in [6.07, 6.45) is 0. The van der Waals surface area contributed by atoms with Gasteiger partial charge in [0.1, 0.15) is 5.69 Å². The number of hydrogen-bond donors (Lipinski definition) is 0. The second-order valence-corrected chi connectivity index (χ2v) is 4.51. The minimum atomic E-state index is 0.764. The van der Waals surface area contributed by atoms with Crippen LogP contribution in [0, 0.1) is 0 Å². The lowest BCUT2D eigenvalue weighted by atomic mass is 10.5. The van der Waals surface area contributed by atoms with E-state index in [1.807, 2.05) is 5.38 Å². The number of nitrogens with zero attached hydrogens (tertiary/aromatic N) is 4. The van der Waals surface area contributed by atoms with Gasteiger partial charge in [-0.3, -0.25) is 0 Å². The largest absolute Gasteiger partial charge is 0.183 e. The van der Waals surface area contributed by atoms with Crippen molar-refractivity contribution in [1.82, 2.24) is 19.8 Å². The van der Waals surface area contributed by atoms with Gasteiger partial charge in [-0.25, -0.2) is 0 Å². The predicted octanol–water partition coefficient (Wildman–Crippen LogP) is 1.82. The first-order chi connectivity index (χ1) is 5.36. The zero-order valence-electron chi connectivity index (χ0n) is 5.06. The average molecular weight is 249 g/mol. The highest BCUT2D eigenvalue weighted by molar-refractivity contribution is 9.11. The zero-order valence-corrected chi connectivity index (χ0v) is 8.28. The molecular weight excluding hydrogens is 248 g/mol. The molecular formula is C4HBrN4S2. The molecule has 2 aromatic rings. The van der Waals surface area contributed by atoms with Crippen molar-refractivity contribution in [2.45, 2.75) is 0 Å². The number of rotatable bonds is 1. The summed E-state index contributed by atoms with van der Waals surface area (Å²) in [5.41, 5.74) is 0.790. The van der Waals surface area contributed by atoms with Gasteiger partial charge in [0.25, 0.3) is 0 Å². The Kier molecular flexibility index (Phi) is 1.93. The molecule has 0 aromatic carbocycles. The van der Waals surface area contributed by atoms with E-state index in [1.54, 1.807) is 0 Å². The molecule has 0 spiro atoms.